The maximum Gasteiger partial charge on any atom is 0.261 e. The zero-order valence-electron chi connectivity index (χ0n) is 25.8. The van der Waals surface area contributed by atoms with Gasteiger partial charge in [0.15, 0.2) is 11.5 Å². The monoisotopic (exact) mass is 603 g/mol. The van der Waals surface area contributed by atoms with E-state index in [1.54, 1.807) is 21.3 Å². The van der Waals surface area contributed by atoms with E-state index in [-0.39, 0.29) is 36.3 Å². The topological polar surface area (TPSA) is 116 Å². The summed E-state index contributed by atoms with van der Waals surface area (Å²) in [5.41, 5.74) is 2.19. The minimum atomic E-state index is -1.28. The number of amides is 1. The van der Waals surface area contributed by atoms with Crippen LogP contribution in [0.5, 0.6) is 0 Å². The summed E-state index contributed by atoms with van der Waals surface area (Å²) in [5, 5.41) is 8.83. The van der Waals surface area contributed by atoms with Gasteiger partial charge in [-0.15, -0.1) is 5.10 Å². The predicted molar refractivity (Wildman–Crippen MR) is 170 cm³/mol. The smallest absolute Gasteiger partial charge is 0.261 e. The van der Waals surface area contributed by atoms with E-state index in [1.165, 1.54) is 6.20 Å². The standard InChI is InChI=1S/C31H41N7O4Si/c1-19-11-23(19)30(39)33-27-12-24-25(13-32-27)31(40)37(18-41-9-10-43(4,5)6)17-26(24)29-34-28-8-7-22(16-38(28)35-29)36-14-20(2)42-21(3)15-36/h7-8,12-13,16-17,19-21,23H,9-11,14-15,18H2,1-6H3,(H,32,33,39)/t19-,20-,21+,23+/m1/s1. The zero-order valence-corrected chi connectivity index (χ0v) is 26.8. The van der Waals surface area contributed by atoms with Crippen LogP contribution < -0.4 is 15.8 Å². The molecule has 2 fully saturated rings. The number of carbonyl (C=O) groups is 1. The van der Waals surface area contributed by atoms with Crippen molar-refractivity contribution >= 4 is 41.9 Å². The molecule has 11 nitrogen and oxygen atoms in total. The molecule has 6 rings (SSSR count). The summed E-state index contributed by atoms with van der Waals surface area (Å²) < 4.78 is 15.2. The van der Waals surface area contributed by atoms with Crippen LogP contribution in [-0.2, 0) is 21.0 Å². The lowest BCUT2D eigenvalue weighted by molar-refractivity contribution is -0.117. The van der Waals surface area contributed by atoms with Crippen LogP contribution in [0.1, 0.15) is 27.2 Å². The van der Waals surface area contributed by atoms with E-state index in [1.807, 2.05) is 12.3 Å². The molecule has 4 aromatic rings. The summed E-state index contributed by atoms with van der Waals surface area (Å²) in [7, 11) is -1.28. The Morgan fingerprint density at radius 2 is 1.86 bits per heavy atom. The summed E-state index contributed by atoms with van der Waals surface area (Å²) in [5.74, 6) is 1.21. The van der Waals surface area contributed by atoms with Crippen molar-refractivity contribution in [1.82, 2.24) is 24.1 Å². The predicted octanol–water partition coefficient (Wildman–Crippen LogP) is 4.63. The molecule has 1 saturated heterocycles. The Morgan fingerprint density at radius 1 is 1.12 bits per heavy atom. The lowest BCUT2D eigenvalue weighted by atomic mass is 10.1. The van der Waals surface area contributed by atoms with Crippen molar-refractivity contribution in [3.8, 4) is 11.4 Å². The molecule has 1 N–H and O–H groups in total. The molecule has 5 heterocycles. The van der Waals surface area contributed by atoms with Gasteiger partial charge in [-0.2, -0.15) is 0 Å². The van der Waals surface area contributed by atoms with Crippen LogP contribution in [-0.4, -0.2) is 70.0 Å². The SMILES string of the molecule is C[C@@H]1CN(c2ccc3nc(-c4cn(COCC[Si](C)(C)C)c(=O)c5cnc(NC(=O)[C@H]6C[C@H]6C)cc45)nn3c2)C[C@H](C)O1. The third kappa shape index (κ3) is 6.51. The summed E-state index contributed by atoms with van der Waals surface area (Å²) >= 11 is 0. The van der Waals surface area contributed by atoms with Crippen LogP contribution in [0, 0.1) is 11.8 Å². The second-order valence-electron chi connectivity index (χ2n) is 13.4. The molecule has 4 aromatic heterocycles. The molecule has 0 radical (unpaired) electrons. The molecule has 4 atom stereocenters. The highest BCUT2D eigenvalue weighted by atomic mass is 28.3. The van der Waals surface area contributed by atoms with Gasteiger partial charge >= 0.3 is 0 Å². The Hall–Kier alpha value is -3.61. The average molecular weight is 604 g/mol. The normalized spacial score (nSPS) is 22.3. The highest BCUT2D eigenvalue weighted by molar-refractivity contribution is 6.76. The van der Waals surface area contributed by atoms with Crippen molar-refractivity contribution in [2.45, 2.75) is 71.8 Å². The maximum absolute atomic E-state index is 13.5. The summed E-state index contributed by atoms with van der Waals surface area (Å²) in [6, 6.07) is 6.77. The molecule has 0 spiro atoms. The fourth-order valence-electron chi connectivity index (χ4n) is 5.64. The first kappa shape index (κ1) is 29.5. The second kappa shape index (κ2) is 11.5. The highest BCUT2D eigenvalue weighted by Crippen LogP contribution is 2.38. The molecule has 0 unspecified atom stereocenters. The van der Waals surface area contributed by atoms with Gasteiger partial charge in [-0.3, -0.25) is 14.2 Å². The van der Waals surface area contributed by atoms with Crippen LogP contribution in [0.25, 0.3) is 27.8 Å². The van der Waals surface area contributed by atoms with Crippen LogP contribution in [0.3, 0.4) is 0 Å². The number of fused-ring (bicyclic) bond motifs is 2. The van der Waals surface area contributed by atoms with E-state index < -0.39 is 8.07 Å². The molecule has 0 bridgehead atoms. The van der Waals surface area contributed by atoms with Crippen molar-refractivity contribution in [2.75, 3.05) is 29.9 Å². The molecule has 2 aliphatic rings. The lowest BCUT2D eigenvalue weighted by Crippen LogP contribution is -2.45. The van der Waals surface area contributed by atoms with Gasteiger partial charge in [0.1, 0.15) is 12.5 Å². The van der Waals surface area contributed by atoms with Gasteiger partial charge in [0.05, 0.1) is 29.5 Å². The Kier molecular flexibility index (Phi) is 7.86. The molecule has 1 aliphatic heterocycles. The van der Waals surface area contributed by atoms with Crippen LogP contribution in [0.2, 0.25) is 25.7 Å². The van der Waals surface area contributed by atoms with Gasteiger partial charge in [0.2, 0.25) is 5.91 Å². The summed E-state index contributed by atoms with van der Waals surface area (Å²) in [6.45, 7) is 15.4. The van der Waals surface area contributed by atoms with E-state index in [0.717, 1.165) is 31.2 Å². The van der Waals surface area contributed by atoms with Gasteiger partial charge < -0.3 is 19.7 Å². The van der Waals surface area contributed by atoms with Gasteiger partial charge in [-0.1, -0.05) is 26.6 Å². The van der Waals surface area contributed by atoms with Crippen LogP contribution in [0.4, 0.5) is 11.5 Å². The third-order valence-corrected chi connectivity index (χ3v) is 9.94. The Morgan fingerprint density at radius 3 is 2.56 bits per heavy atom. The maximum atomic E-state index is 13.5. The number of hydrogen-bond acceptors (Lipinski definition) is 8. The molecular formula is C31H41N7O4Si. The molecule has 1 saturated carbocycles. The Balaban J connectivity index is 1.38. The minimum Gasteiger partial charge on any atom is -0.372 e. The first-order valence-electron chi connectivity index (χ1n) is 15.1. The zero-order chi connectivity index (χ0) is 30.5. The largest absolute Gasteiger partial charge is 0.372 e. The van der Waals surface area contributed by atoms with Crippen molar-refractivity contribution in [1.29, 1.82) is 0 Å². The van der Waals surface area contributed by atoms with E-state index in [2.05, 4.69) is 61.7 Å². The van der Waals surface area contributed by atoms with Gasteiger partial charge in [0, 0.05) is 57.0 Å². The number of aromatic nitrogens is 5. The molecular weight excluding hydrogens is 562 g/mol. The second-order valence-corrected chi connectivity index (χ2v) is 19.0. The fraction of sp³-hybridized carbons (Fsp3) is 0.516. The molecule has 0 aromatic carbocycles. The average Bonchev–Trinajstić information content (AvgIpc) is 3.53. The Labute approximate surface area is 252 Å². The number of ether oxygens (including phenoxy) is 2. The number of hydrogen-bond donors (Lipinski definition) is 1. The first-order chi connectivity index (χ1) is 20.4. The third-order valence-electron chi connectivity index (χ3n) is 8.24. The van der Waals surface area contributed by atoms with E-state index in [4.69, 9.17) is 19.6 Å². The van der Waals surface area contributed by atoms with Gasteiger partial charge in [-0.05, 0) is 50.4 Å². The van der Waals surface area contributed by atoms with Crippen molar-refractivity contribution in [2.24, 2.45) is 11.8 Å². The number of anilines is 2. The molecule has 12 heteroatoms. The van der Waals surface area contributed by atoms with Crippen LogP contribution >= 0.6 is 0 Å². The minimum absolute atomic E-state index is 0.00465. The van der Waals surface area contributed by atoms with Gasteiger partial charge in [0.25, 0.3) is 5.56 Å². The lowest BCUT2D eigenvalue weighted by Gasteiger charge is -2.36. The fourth-order valence-corrected chi connectivity index (χ4v) is 6.40. The highest BCUT2D eigenvalue weighted by Gasteiger charge is 2.39. The van der Waals surface area contributed by atoms with E-state index in [9.17, 15) is 9.59 Å². The molecule has 43 heavy (non-hydrogen) atoms. The first-order valence-corrected chi connectivity index (χ1v) is 18.8. The number of nitrogens with one attached hydrogen (secondary N) is 1. The number of carbonyl (C=O) groups excluding carboxylic acids is 1. The van der Waals surface area contributed by atoms with Gasteiger partial charge in [-0.25, -0.2) is 14.5 Å². The van der Waals surface area contributed by atoms with Crippen LogP contribution in [0.15, 0.2) is 41.6 Å². The summed E-state index contributed by atoms with van der Waals surface area (Å²) in [6.07, 6.45) is 6.42. The quantitative estimate of drug-likeness (QED) is 0.218. The Bertz CT molecular complexity index is 1720. The number of nitrogens with zero attached hydrogens (tertiary/aromatic N) is 6. The molecule has 1 amide bonds. The number of morpholine rings is 1. The molecule has 228 valence electrons. The molecule has 1 aliphatic carbocycles. The summed E-state index contributed by atoms with van der Waals surface area (Å²) in [4.78, 5) is 37.8. The van der Waals surface area contributed by atoms with Crippen molar-refractivity contribution in [3.63, 3.8) is 0 Å². The van der Waals surface area contributed by atoms with Crippen molar-refractivity contribution < 1.29 is 14.3 Å². The van der Waals surface area contributed by atoms with E-state index >= 15 is 0 Å². The van der Waals surface area contributed by atoms with Crippen molar-refractivity contribution in [3.05, 3.63) is 47.1 Å². The van der Waals surface area contributed by atoms with E-state index in [0.29, 0.717) is 46.2 Å². The number of pyridine rings is 3. The number of rotatable bonds is 9.